The van der Waals surface area contributed by atoms with Crippen molar-refractivity contribution >= 4 is 11.9 Å². The van der Waals surface area contributed by atoms with Gasteiger partial charge in [0.1, 0.15) is 5.41 Å². The zero-order valence-electron chi connectivity index (χ0n) is 11.5. The lowest BCUT2D eigenvalue weighted by molar-refractivity contribution is -0.149. The minimum Gasteiger partial charge on any atom is -0.481 e. The molecule has 5 heteroatoms. The van der Waals surface area contributed by atoms with Gasteiger partial charge in [0, 0.05) is 6.42 Å². The molecule has 0 aromatic heterocycles. The van der Waals surface area contributed by atoms with Gasteiger partial charge < -0.3 is 15.2 Å². The van der Waals surface area contributed by atoms with Crippen molar-refractivity contribution < 1.29 is 19.4 Å². The van der Waals surface area contributed by atoms with E-state index in [1.165, 1.54) is 0 Å². The van der Waals surface area contributed by atoms with Crippen molar-refractivity contribution in [3.05, 3.63) is 35.9 Å². The molecular weight excluding hydrogens is 258 g/mol. The van der Waals surface area contributed by atoms with E-state index in [4.69, 9.17) is 4.74 Å². The van der Waals surface area contributed by atoms with Gasteiger partial charge in [-0.25, -0.2) is 0 Å². The van der Waals surface area contributed by atoms with E-state index in [0.717, 1.165) is 5.56 Å². The fraction of sp³-hybridized carbons (Fsp3) is 0.467. The highest BCUT2D eigenvalue weighted by Crippen LogP contribution is 2.28. The molecule has 1 fully saturated rings. The van der Waals surface area contributed by atoms with Crippen LogP contribution in [-0.4, -0.2) is 36.2 Å². The summed E-state index contributed by atoms with van der Waals surface area (Å²) in [6.45, 7) is 1.98. The highest BCUT2D eigenvalue weighted by Gasteiger charge is 2.47. The van der Waals surface area contributed by atoms with E-state index < -0.39 is 17.4 Å². The molecule has 2 N–H and O–H groups in total. The molecule has 2 rings (SSSR count). The van der Waals surface area contributed by atoms with Crippen LogP contribution in [0.2, 0.25) is 0 Å². The van der Waals surface area contributed by atoms with Crippen molar-refractivity contribution in [3.63, 3.8) is 0 Å². The van der Waals surface area contributed by atoms with Crippen LogP contribution in [0.4, 0.5) is 0 Å². The van der Waals surface area contributed by atoms with E-state index in [-0.39, 0.29) is 19.1 Å². The Morgan fingerprint density at radius 1 is 1.40 bits per heavy atom. The number of carbonyl (C=O) groups is 2. The molecule has 1 amide bonds. The van der Waals surface area contributed by atoms with Crippen molar-refractivity contribution in [2.45, 2.75) is 25.8 Å². The molecule has 1 saturated heterocycles. The minimum absolute atomic E-state index is 0.131. The summed E-state index contributed by atoms with van der Waals surface area (Å²) in [5.74, 6) is -1.08. The van der Waals surface area contributed by atoms with Crippen LogP contribution in [0, 0.1) is 5.41 Å². The van der Waals surface area contributed by atoms with Gasteiger partial charge in [-0.1, -0.05) is 30.3 Å². The number of carboxylic acid groups (broad SMARTS) is 1. The highest BCUT2D eigenvalue weighted by molar-refractivity contribution is 5.80. The van der Waals surface area contributed by atoms with Crippen LogP contribution in [-0.2, 0) is 20.7 Å². The molecule has 1 heterocycles. The molecule has 0 spiro atoms. The van der Waals surface area contributed by atoms with Crippen LogP contribution in [0.15, 0.2) is 30.3 Å². The van der Waals surface area contributed by atoms with E-state index in [2.05, 4.69) is 5.32 Å². The summed E-state index contributed by atoms with van der Waals surface area (Å²) in [6.07, 6.45) is 0.986. The van der Waals surface area contributed by atoms with Gasteiger partial charge in [-0.3, -0.25) is 9.59 Å². The van der Waals surface area contributed by atoms with E-state index in [9.17, 15) is 14.7 Å². The third-order valence-electron chi connectivity index (χ3n) is 3.76. The van der Waals surface area contributed by atoms with Crippen molar-refractivity contribution in [2.24, 2.45) is 5.41 Å². The van der Waals surface area contributed by atoms with Crippen molar-refractivity contribution in [2.75, 3.05) is 13.2 Å². The number of hydrogen-bond donors (Lipinski definition) is 2. The number of amides is 1. The summed E-state index contributed by atoms with van der Waals surface area (Å²) in [6, 6.07) is 9.25. The van der Waals surface area contributed by atoms with Gasteiger partial charge in [0.05, 0.1) is 19.3 Å². The fourth-order valence-corrected chi connectivity index (χ4v) is 2.25. The largest absolute Gasteiger partial charge is 0.481 e. The first kappa shape index (κ1) is 14.5. The lowest BCUT2D eigenvalue weighted by Gasteiger charge is -2.25. The van der Waals surface area contributed by atoms with Crippen LogP contribution >= 0.6 is 0 Å². The standard InChI is InChI=1S/C15H19NO4/c1-15(14(18)19)10-20-9-12(15)16-13(17)8-7-11-5-3-2-4-6-11/h2-6,12H,7-10H2,1H3,(H,16,17)(H,18,19). The molecule has 1 aromatic carbocycles. The zero-order valence-corrected chi connectivity index (χ0v) is 11.5. The summed E-state index contributed by atoms with van der Waals surface area (Å²) in [5, 5.41) is 12.0. The van der Waals surface area contributed by atoms with Crippen LogP contribution in [0.3, 0.4) is 0 Å². The minimum atomic E-state index is -1.04. The van der Waals surface area contributed by atoms with Crippen LogP contribution in [0.1, 0.15) is 18.9 Å². The van der Waals surface area contributed by atoms with Gasteiger partial charge in [0.2, 0.25) is 5.91 Å². The van der Waals surface area contributed by atoms with E-state index >= 15 is 0 Å². The van der Waals surface area contributed by atoms with Gasteiger partial charge in [-0.05, 0) is 18.9 Å². The predicted octanol–water partition coefficient (Wildman–Crippen LogP) is 1.23. The van der Waals surface area contributed by atoms with Gasteiger partial charge in [-0.2, -0.15) is 0 Å². The molecule has 0 radical (unpaired) electrons. The monoisotopic (exact) mass is 277 g/mol. The average Bonchev–Trinajstić information content (AvgIpc) is 2.80. The fourth-order valence-electron chi connectivity index (χ4n) is 2.25. The SMILES string of the molecule is CC1(C(=O)O)COCC1NC(=O)CCc1ccccc1. The summed E-state index contributed by atoms with van der Waals surface area (Å²) in [4.78, 5) is 23.2. The number of nitrogens with one attached hydrogen (secondary N) is 1. The van der Waals surface area contributed by atoms with Gasteiger partial charge in [-0.15, -0.1) is 0 Å². The number of rotatable bonds is 5. The maximum absolute atomic E-state index is 11.9. The Hall–Kier alpha value is -1.88. The number of carboxylic acids is 1. The van der Waals surface area contributed by atoms with Gasteiger partial charge in [0.25, 0.3) is 0 Å². The molecule has 2 unspecified atom stereocenters. The smallest absolute Gasteiger partial charge is 0.313 e. The number of ether oxygens (including phenoxy) is 1. The van der Waals surface area contributed by atoms with Crippen molar-refractivity contribution in [1.29, 1.82) is 0 Å². The number of hydrogen-bond acceptors (Lipinski definition) is 3. The Balaban J connectivity index is 1.87. The molecule has 1 aliphatic rings. The molecule has 0 bridgehead atoms. The summed E-state index contributed by atoms with van der Waals surface area (Å²) >= 11 is 0. The lowest BCUT2D eigenvalue weighted by Crippen LogP contribution is -2.49. The van der Waals surface area contributed by atoms with Gasteiger partial charge >= 0.3 is 5.97 Å². The summed E-state index contributed by atoms with van der Waals surface area (Å²) in [5.41, 5.74) is 0.0499. The molecule has 0 saturated carbocycles. The number of benzene rings is 1. The lowest BCUT2D eigenvalue weighted by atomic mass is 9.85. The molecule has 108 valence electrons. The second kappa shape index (κ2) is 6.05. The number of aliphatic carboxylic acids is 1. The van der Waals surface area contributed by atoms with Crippen molar-refractivity contribution in [3.8, 4) is 0 Å². The maximum Gasteiger partial charge on any atom is 0.313 e. The van der Waals surface area contributed by atoms with E-state index in [1.54, 1.807) is 6.92 Å². The maximum atomic E-state index is 11.9. The Bertz CT molecular complexity index is 488. The van der Waals surface area contributed by atoms with E-state index in [1.807, 2.05) is 30.3 Å². The second-order valence-electron chi connectivity index (χ2n) is 5.34. The Labute approximate surface area is 117 Å². The molecule has 5 nitrogen and oxygen atoms in total. The molecule has 1 aromatic rings. The number of carbonyl (C=O) groups excluding carboxylic acids is 1. The number of aryl methyl sites for hydroxylation is 1. The summed E-state index contributed by atoms with van der Waals surface area (Å²) < 4.78 is 5.20. The molecule has 20 heavy (non-hydrogen) atoms. The van der Waals surface area contributed by atoms with Crippen LogP contribution in [0.25, 0.3) is 0 Å². The first-order chi connectivity index (χ1) is 9.52. The predicted molar refractivity (Wildman–Crippen MR) is 73.3 cm³/mol. The third-order valence-corrected chi connectivity index (χ3v) is 3.76. The molecular formula is C15H19NO4. The zero-order chi connectivity index (χ0) is 14.6. The Kier molecular flexibility index (Phi) is 4.39. The van der Waals surface area contributed by atoms with E-state index in [0.29, 0.717) is 12.8 Å². The van der Waals surface area contributed by atoms with Gasteiger partial charge in [0.15, 0.2) is 0 Å². The second-order valence-corrected chi connectivity index (χ2v) is 5.34. The highest BCUT2D eigenvalue weighted by atomic mass is 16.5. The van der Waals surface area contributed by atoms with Crippen molar-refractivity contribution in [1.82, 2.24) is 5.32 Å². The normalized spacial score (nSPS) is 25.4. The van der Waals surface area contributed by atoms with Crippen LogP contribution < -0.4 is 5.32 Å². The Morgan fingerprint density at radius 2 is 2.10 bits per heavy atom. The summed E-state index contributed by atoms with van der Waals surface area (Å²) in [7, 11) is 0. The third kappa shape index (κ3) is 3.17. The quantitative estimate of drug-likeness (QED) is 0.848. The van der Waals surface area contributed by atoms with Crippen LogP contribution in [0.5, 0.6) is 0 Å². The first-order valence-corrected chi connectivity index (χ1v) is 6.67. The molecule has 2 atom stereocenters. The Morgan fingerprint density at radius 3 is 2.75 bits per heavy atom. The topological polar surface area (TPSA) is 75.6 Å². The average molecular weight is 277 g/mol. The molecule has 0 aliphatic carbocycles. The first-order valence-electron chi connectivity index (χ1n) is 6.67. The molecule has 1 aliphatic heterocycles.